The number of hydrogen-bond acceptors (Lipinski definition) is 9. The van der Waals surface area contributed by atoms with Gasteiger partial charge < -0.3 is 24.3 Å². The molecule has 2 heterocycles. The predicted molar refractivity (Wildman–Crippen MR) is 176 cm³/mol. The summed E-state index contributed by atoms with van der Waals surface area (Å²) in [5.41, 5.74) is 7.64. The second-order valence-corrected chi connectivity index (χ2v) is 13.5. The SMILES string of the molecule is CCOCc1nc2c(N)nc3ccccc3c2n1C[C@@H](C)OP(=O)(N[C@@H](C)C(=O)OC(C)(C)C)Oc1cccc2ccccc12. The first-order valence-corrected chi connectivity index (χ1v) is 16.5. The quantitative estimate of drug-likeness (QED) is 0.112. The molecule has 45 heavy (non-hydrogen) atoms. The van der Waals surface area contributed by atoms with Gasteiger partial charge in [-0.2, -0.15) is 5.09 Å². The van der Waals surface area contributed by atoms with Gasteiger partial charge in [0.1, 0.15) is 35.3 Å². The number of nitrogens with zero attached hydrogens (tertiary/aromatic N) is 3. The molecule has 5 aromatic rings. The van der Waals surface area contributed by atoms with Crippen molar-refractivity contribution in [2.75, 3.05) is 12.3 Å². The maximum absolute atomic E-state index is 14.6. The number of pyridine rings is 1. The Labute approximate surface area is 262 Å². The van der Waals surface area contributed by atoms with E-state index in [-0.39, 0.29) is 13.2 Å². The standard InChI is InChI=1S/C33H40N5O6P/c1-7-41-20-28-36-29-30(25-16-10-11-17-26(25)35-31(29)34)38(28)19-21(2)43-45(40,37-22(3)32(39)42-33(4,5)6)44-27-18-12-14-23-13-8-9-15-24(23)27/h8-18,21-22H,7,19-20H2,1-6H3,(H2,34,35)(H,37,40)/t21-,22+,45?/m1/s1. The average molecular weight is 634 g/mol. The summed E-state index contributed by atoms with van der Waals surface area (Å²) in [6.45, 7) is 11.5. The number of nitrogens with one attached hydrogen (secondary N) is 1. The van der Waals surface area contributed by atoms with E-state index in [0.29, 0.717) is 29.5 Å². The number of aromatic nitrogens is 3. The van der Waals surface area contributed by atoms with Crippen LogP contribution in [0, 0.1) is 0 Å². The van der Waals surface area contributed by atoms with Crippen molar-refractivity contribution in [1.82, 2.24) is 19.6 Å². The van der Waals surface area contributed by atoms with Crippen molar-refractivity contribution in [3.8, 4) is 5.75 Å². The zero-order valence-electron chi connectivity index (χ0n) is 26.4. The Kier molecular flexibility index (Phi) is 9.46. The Morgan fingerprint density at radius 3 is 2.42 bits per heavy atom. The van der Waals surface area contributed by atoms with Gasteiger partial charge in [0.15, 0.2) is 5.82 Å². The summed E-state index contributed by atoms with van der Waals surface area (Å²) in [6.07, 6.45) is -0.699. The van der Waals surface area contributed by atoms with Crippen LogP contribution in [0.25, 0.3) is 32.7 Å². The molecule has 0 aliphatic heterocycles. The number of rotatable bonds is 12. The van der Waals surface area contributed by atoms with Crippen LogP contribution in [0.4, 0.5) is 5.82 Å². The molecule has 5 rings (SSSR count). The highest BCUT2D eigenvalue weighted by molar-refractivity contribution is 7.52. The van der Waals surface area contributed by atoms with Gasteiger partial charge >= 0.3 is 13.7 Å². The van der Waals surface area contributed by atoms with Crippen molar-refractivity contribution in [2.24, 2.45) is 0 Å². The minimum Gasteiger partial charge on any atom is -0.459 e. The Bertz CT molecular complexity index is 1880. The molecule has 0 aliphatic rings. The summed E-state index contributed by atoms with van der Waals surface area (Å²) >= 11 is 0. The van der Waals surface area contributed by atoms with Gasteiger partial charge in [0, 0.05) is 17.4 Å². The molecule has 0 aliphatic carbocycles. The van der Waals surface area contributed by atoms with Crippen LogP contribution in [0.1, 0.15) is 47.4 Å². The minimum absolute atomic E-state index is 0.220. The molecular weight excluding hydrogens is 593 g/mol. The fraction of sp³-hybridized carbons (Fsp3) is 0.364. The van der Waals surface area contributed by atoms with Crippen LogP contribution < -0.4 is 15.3 Å². The Hall–Kier alpha value is -4.02. The molecule has 0 spiro atoms. The van der Waals surface area contributed by atoms with Crippen molar-refractivity contribution in [2.45, 2.75) is 72.4 Å². The molecule has 1 unspecified atom stereocenters. The number of nitrogens with two attached hydrogens (primary N) is 1. The van der Waals surface area contributed by atoms with Crippen molar-refractivity contribution in [1.29, 1.82) is 0 Å². The van der Waals surface area contributed by atoms with Gasteiger partial charge in [-0.25, -0.2) is 14.5 Å². The predicted octanol–water partition coefficient (Wildman–Crippen LogP) is 6.77. The topological polar surface area (TPSA) is 140 Å². The lowest BCUT2D eigenvalue weighted by molar-refractivity contribution is -0.156. The van der Waals surface area contributed by atoms with E-state index in [4.69, 9.17) is 29.2 Å². The third kappa shape index (κ3) is 7.45. The van der Waals surface area contributed by atoms with Crippen molar-refractivity contribution in [3.63, 3.8) is 0 Å². The number of nitrogen functional groups attached to an aromatic ring is 1. The van der Waals surface area contributed by atoms with Crippen LogP contribution >= 0.6 is 7.75 Å². The second kappa shape index (κ2) is 13.1. The molecule has 3 N–H and O–H groups in total. The van der Waals surface area contributed by atoms with Gasteiger partial charge in [-0.15, -0.1) is 0 Å². The number of benzene rings is 3. The number of carbonyl (C=O) groups is 1. The summed E-state index contributed by atoms with van der Waals surface area (Å²) in [4.78, 5) is 22.2. The number of esters is 1. The van der Waals surface area contributed by atoms with Gasteiger partial charge in [-0.1, -0.05) is 54.6 Å². The van der Waals surface area contributed by atoms with Crippen molar-refractivity contribution >= 4 is 52.2 Å². The molecule has 0 fully saturated rings. The molecule has 0 bridgehead atoms. The molecule has 0 amide bonds. The lowest BCUT2D eigenvalue weighted by Crippen LogP contribution is -2.39. The molecule has 0 saturated heterocycles. The number of anilines is 1. The van der Waals surface area contributed by atoms with E-state index in [1.807, 2.05) is 72.2 Å². The zero-order chi connectivity index (χ0) is 32.4. The average Bonchev–Trinajstić information content (AvgIpc) is 3.33. The second-order valence-electron chi connectivity index (χ2n) is 11.9. The smallest absolute Gasteiger partial charge is 0.459 e. The third-order valence-corrected chi connectivity index (χ3v) is 8.74. The fourth-order valence-electron chi connectivity index (χ4n) is 5.10. The van der Waals surface area contributed by atoms with Crippen LogP contribution in [-0.2, 0) is 36.5 Å². The first kappa shape index (κ1) is 32.4. The van der Waals surface area contributed by atoms with E-state index in [1.165, 1.54) is 0 Å². The van der Waals surface area contributed by atoms with E-state index in [9.17, 15) is 9.36 Å². The monoisotopic (exact) mass is 633 g/mol. The highest BCUT2D eigenvalue weighted by atomic mass is 31.2. The van der Waals surface area contributed by atoms with Gasteiger partial charge in [-0.3, -0.25) is 9.32 Å². The van der Waals surface area contributed by atoms with Crippen LogP contribution in [-0.4, -0.2) is 44.9 Å². The summed E-state index contributed by atoms with van der Waals surface area (Å²) in [6, 6.07) is 19.7. The van der Waals surface area contributed by atoms with Gasteiger partial charge in [0.25, 0.3) is 0 Å². The maximum Gasteiger partial charge on any atom is 0.459 e. The first-order chi connectivity index (χ1) is 21.4. The summed E-state index contributed by atoms with van der Waals surface area (Å²) < 4.78 is 40.2. The summed E-state index contributed by atoms with van der Waals surface area (Å²) in [5, 5.41) is 5.33. The molecule has 238 valence electrons. The molecule has 3 atom stereocenters. The van der Waals surface area contributed by atoms with Crippen molar-refractivity contribution in [3.05, 3.63) is 72.6 Å². The third-order valence-electron chi connectivity index (χ3n) is 6.96. The highest BCUT2D eigenvalue weighted by Crippen LogP contribution is 2.48. The summed E-state index contributed by atoms with van der Waals surface area (Å²) in [5.74, 6) is 0.677. The van der Waals surface area contributed by atoms with E-state index in [1.54, 1.807) is 40.7 Å². The number of hydrogen-bond donors (Lipinski definition) is 2. The van der Waals surface area contributed by atoms with Crippen LogP contribution in [0.2, 0.25) is 0 Å². The molecule has 3 aromatic carbocycles. The molecular formula is C33H40N5O6P. The number of para-hydroxylation sites is 1. The highest BCUT2D eigenvalue weighted by Gasteiger charge is 2.36. The Morgan fingerprint density at radius 2 is 1.69 bits per heavy atom. The lowest BCUT2D eigenvalue weighted by Gasteiger charge is -2.28. The number of ether oxygens (including phenoxy) is 2. The molecule has 12 heteroatoms. The summed E-state index contributed by atoms with van der Waals surface area (Å²) in [7, 11) is -4.20. The van der Waals surface area contributed by atoms with Crippen LogP contribution in [0.15, 0.2) is 66.7 Å². The zero-order valence-corrected chi connectivity index (χ0v) is 27.3. The Morgan fingerprint density at radius 1 is 1.00 bits per heavy atom. The molecule has 2 aromatic heterocycles. The lowest BCUT2D eigenvalue weighted by atomic mass is 10.1. The van der Waals surface area contributed by atoms with E-state index >= 15 is 0 Å². The number of carbonyl (C=O) groups excluding carboxylic acids is 1. The van der Waals surface area contributed by atoms with E-state index in [2.05, 4.69) is 10.1 Å². The number of fused-ring (bicyclic) bond motifs is 4. The van der Waals surface area contributed by atoms with Crippen LogP contribution in [0.3, 0.4) is 0 Å². The van der Waals surface area contributed by atoms with Crippen molar-refractivity contribution < 1.29 is 27.9 Å². The van der Waals surface area contributed by atoms with E-state index < -0.39 is 31.5 Å². The number of imidazole rings is 1. The van der Waals surface area contributed by atoms with Crippen LogP contribution in [0.5, 0.6) is 5.75 Å². The minimum atomic E-state index is -4.20. The molecule has 0 saturated carbocycles. The maximum atomic E-state index is 14.6. The Balaban J connectivity index is 1.52. The molecule has 0 radical (unpaired) electrons. The largest absolute Gasteiger partial charge is 0.459 e. The molecule has 11 nitrogen and oxygen atoms in total. The van der Waals surface area contributed by atoms with E-state index in [0.717, 1.165) is 27.2 Å². The normalized spacial score (nSPS) is 14.8. The first-order valence-electron chi connectivity index (χ1n) is 14.9. The van der Waals surface area contributed by atoms with Gasteiger partial charge in [0.05, 0.1) is 23.7 Å². The fourth-order valence-corrected chi connectivity index (χ4v) is 6.79. The van der Waals surface area contributed by atoms with Gasteiger partial charge in [-0.05, 0) is 59.1 Å². The van der Waals surface area contributed by atoms with Gasteiger partial charge in [0.2, 0.25) is 0 Å².